The molecule has 0 spiro atoms. The van der Waals surface area contributed by atoms with Gasteiger partial charge in [0.25, 0.3) is 11.8 Å². The maximum atomic E-state index is 14.6. The molecule has 5 rings (SSSR count). The lowest BCUT2D eigenvalue weighted by Gasteiger charge is -2.39. The number of hydrogen-bond donors (Lipinski definition) is 1. The van der Waals surface area contributed by atoms with E-state index in [1.165, 1.54) is 24.3 Å². The molecule has 3 amide bonds. The Hall–Kier alpha value is -4.63. The predicted octanol–water partition coefficient (Wildman–Crippen LogP) is 4.19. The number of nitriles is 1. The van der Waals surface area contributed by atoms with E-state index in [0.29, 0.717) is 5.75 Å². The number of ether oxygens (including phenoxy) is 1. The molecule has 2 fully saturated rings. The van der Waals surface area contributed by atoms with E-state index < -0.39 is 54.6 Å². The number of benzene rings is 2. The third kappa shape index (κ3) is 5.73. The van der Waals surface area contributed by atoms with Gasteiger partial charge in [0, 0.05) is 53.8 Å². The Morgan fingerprint density at radius 3 is 2.67 bits per heavy atom. The Balaban J connectivity index is 1.62. The van der Waals surface area contributed by atoms with E-state index in [0.717, 1.165) is 4.90 Å². The van der Waals surface area contributed by atoms with Crippen molar-refractivity contribution in [3.8, 4) is 11.8 Å². The monoisotopic (exact) mass is 594 g/mol. The summed E-state index contributed by atoms with van der Waals surface area (Å²) in [6.45, 7) is 0. The Labute approximate surface area is 244 Å². The molecule has 0 radical (unpaired) electrons. The molecule has 1 saturated carbocycles. The molecule has 1 unspecified atom stereocenters. The minimum Gasteiger partial charge on any atom is -0.497 e. The first-order valence-electron chi connectivity index (χ1n) is 13.1. The highest BCUT2D eigenvalue weighted by Gasteiger charge is 2.48. The molecule has 10 nitrogen and oxygen atoms in total. The zero-order valence-electron chi connectivity index (χ0n) is 22.3. The minimum atomic E-state index is -2.89. The molecule has 1 aliphatic carbocycles. The van der Waals surface area contributed by atoms with Crippen LogP contribution < -0.4 is 19.9 Å². The van der Waals surface area contributed by atoms with Gasteiger partial charge in [-0.25, -0.2) is 18.7 Å². The topological polar surface area (TPSA) is 129 Å². The second-order valence-electron chi connectivity index (χ2n) is 9.98. The Bertz CT molecular complexity index is 1570. The van der Waals surface area contributed by atoms with Gasteiger partial charge in [0.2, 0.25) is 17.8 Å². The summed E-state index contributed by atoms with van der Waals surface area (Å²) >= 11 is 6.55. The van der Waals surface area contributed by atoms with Gasteiger partial charge in [-0.1, -0.05) is 35.9 Å². The first kappa shape index (κ1) is 28.9. The van der Waals surface area contributed by atoms with E-state index in [-0.39, 0.29) is 40.8 Å². The van der Waals surface area contributed by atoms with Crippen molar-refractivity contribution in [1.82, 2.24) is 15.3 Å². The van der Waals surface area contributed by atoms with E-state index >= 15 is 0 Å². The number of hydrogen-bond acceptors (Lipinski definition) is 7. The number of alkyl halides is 2. The van der Waals surface area contributed by atoms with Gasteiger partial charge in [0.15, 0.2) is 0 Å². The van der Waals surface area contributed by atoms with Gasteiger partial charge in [-0.05, 0) is 30.7 Å². The normalized spacial score (nSPS) is 18.5. The lowest BCUT2D eigenvalue weighted by Crippen LogP contribution is -2.56. The van der Waals surface area contributed by atoms with Crippen molar-refractivity contribution in [1.29, 1.82) is 5.26 Å². The zero-order chi connectivity index (χ0) is 30.0. The SMILES string of the molecule is COc1cccc(N(C(=O)[C@@H]2CCC(=O)N2c2nccc(C#N)n2)C(C(=O)NC2CC(F)(F)C2)c2ccccc2Cl)c1. The van der Waals surface area contributed by atoms with E-state index in [9.17, 15) is 28.4 Å². The molecule has 0 bridgehead atoms. The van der Waals surface area contributed by atoms with Crippen LogP contribution in [0.3, 0.4) is 0 Å². The van der Waals surface area contributed by atoms with E-state index in [1.54, 1.807) is 48.5 Å². The fourth-order valence-corrected chi connectivity index (χ4v) is 5.40. The minimum absolute atomic E-state index is 0.00109. The lowest BCUT2D eigenvalue weighted by atomic mass is 9.87. The van der Waals surface area contributed by atoms with Crippen LogP contribution in [0.25, 0.3) is 0 Å². The molecule has 216 valence electrons. The second kappa shape index (κ2) is 11.7. The fourth-order valence-electron chi connectivity index (χ4n) is 5.16. The summed E-state index contributed by atoms with van der Waals surface area (Å²) in [6, 6.07) is 12.7. The van der Waals surface area contributed by atoms with Crippen molar-refractivity contribution in [2.45, 2.75) is 49.7 Å². The highest BCUT2D eigenvalue weighted by molar-refractivity contribution is 6.31. The largest absolute Gasteiger partial charge is 0.497 e. The van der Waals surface area contributed by atoms with Crippen LogP contribution in [-0.4, -0.2) is 52.8 Å². The van der Waals surface area contributed by atoms with Gasteiger partial charge in [0.05, 0.1) is 7.11 Å². The van der Waals surface area contributed by atoms with E-state index in [4.69, 9.17) is 16.3 Å². The van der Waals surface area contributed by atoms with Crippen LogP contribution in [-0.2, 0) is 14.4 Å². The summed E-state index contributed by atoms with van der Waals surface area (Å²) in [5.41, 5.74) is 0.489. The zero-order valence-corrected chi connectivity index (χ0v) is 23.1. The predicted molar refractivity (Wildman–Crippen MR) is 148 cm³/mol. The van der Waals surface area contributed by atoms with Crippen LogP contribution in [0, 0.1) is 11.3 Å². The van der Waals surface area contributed by atoms with Gasteiger partial charge in [-0.15, -0.1) is 0 Å². The van der Waals surface area contributed by atoms with Gasteiger partial charge >= 0.3 is 0 Å². The summed E-state index contributed by atoms with van der Waals surface area (Å²) in [4.78, 5) is 52.0. The third-order valence-corrected chi connectivity index (χ3v) is 7.53. The average molecular weight is 595 g/mol. The van der Waals surface area contributed by atoms with Gasteiger partial charge in [0.1, 0.15) is 29.6 Å². The number of nitrogens with one attached hydrogen (secondary N) is 1. The summed E-state index contributed by atoms with van der Waals surface area (Å²) in [7, 11) is 1.44. The van der Waals surface area contributed by atoms with Crippen molar-refractivity contribution in [2.75, 3.05) is 16.9 Å². The average Bonchev–Trinajstić information content (AvgIpc) is 3.36. The van der Waals surface area contributed by atoms with Crippen LogP contribution in [0.5, 0.6) is 5.75 Å². The molecule has 2 aromatic carbocycles. The molecular formula is C29H25ClF2N6O4. The lowest BCUT2D eigenvalue weighted by molar-refractivity contribution is -0.133. The first-order valence-corrected chi connectivity index (χ1v) is 13.4. The molecule has 2 aliphatic rings. The number of aromatic nitrogens is 2. The van der Waals surface area contributed by atoms with Crippen LogP contribution >= 0.6 is 11.6 Å². The number of carbonyl (C=O) groups excluding carboxylic acids is 3. The van der Waals surface area contributed by atoms with Crippen LogP contribution in [0.15, 0.2) is 60.8 Å². The van der Waals surface area contributed by atoms with Crippen molar-refractivity contribution in [2.24, 2.45) is 0 Å². The van der Waals surface area contributed by atoms with Crippen molar-refractivity contribution in [3.63, 3.8) is 0 Å². The van der Waals surface area contributed by atoms with Crippen LogP contribution in [0.4, 0.5) is 20.4 Å². The standard InChI is InChI=1S/C29H25ClF2N6O4/c1-42-20-6-4-5-19(13-20)37(27(41)23-9-10-24(39)38(23)28-34-12-11-17(16-33)36-28)25(21-7-2-3-8-22(21)30)26(40)35-18-14-29(31,32)15-18/h2-8,11-13,18,23,25H,9-10,14-15H2,1H3,(H,35,40)/t23-,25?/m0/s1. The van der Waals surface area contributed by atoms with E-state index in [2.05, 4.69) is 15.3 Å². The van der Waals surface area contributed by atoms with Gasteiger partial charge < -0.3 is 10.1 Å². The fraction of sp³-hybridized carbons (Fsp3) is 0.310. The number of amides is 3. The maximum Gasteiger partial charge on any atom is 0.252 e. The number of halogens is 3. The molecule has 1 N–H and O–H groups in total. The third-order valence-electron chi connectivity index (χ3n) is 7.18. The molecule has 13 heteroatoms. The molecule has 3 aromatic rings. The first-order chi connectivity index (χ1) is 20.1. The van der Waals surface area contributed by atoms with E-state index in [1.807, 2.05) is 6.07 Å². The highest BCUT2D eigenvalue weighted by Crippen LogP contribution is 2.40. The van der Waals surface area contributed by atoms with Gasteiger partial charge in [-0.2, -0.15) is 5.26 Å². The summed E-state index contributed by atoms with van der Waals surface area (Å²) in [6.07, 6.45) is 0.311. The maximum absolute atomic E-state index is 14.6. The van der Waals surface area contributed by atoms with Crippen LogP contribution in [0.2, 0.25) is 5.02 Å². The summed E-state index contributed by atoms with van der Waals surface area (Å²) < 4.78 is 32.6. The van der Waals surface area contributed by atoms with Crippen molar-refractivity contribution >= 4 is 41.0 Å². The number of rotatable bonds is 8. The summed E-state index contributed by atoms with van der Waals surface area (Å²) in [5.74, 6) is -4.47. The number of nitrogens with zero attached hydrogens (tertiary/aromatic N) is 5. The Morgan fingerprint density at radius 2 is 1.98 bits per heavy atom. The molecule has 42 heavy (non-hydrogen) atoms. The van der Waals surface area contributed by atoms with Crippen molar-refractivity contribution in [3.05, 3.63) is 77.1 Å². The van der Waals surface area contributed by atoms with Crippen LogP contribution in [0.1, 0.15) is 43.0 Å². The van der Waals surface area contributed by atoms with Gasteiger partial charge in [-0.3, -0.25) is 24.2 Å². The summed E-state index contributed by atoms with van der Waals surface area (Å²) in [5, 5.41) is 12.1. The number of carbonyl (C=O) groups is 3. The highest BCUT2D eigenvalue weighted by atomic mass is 35.5. The molecule has 2 atom stereocenters. The molecular weight excluding hydrogens is 570 g/mol. The molecule has 1 saturated heterocycles. The Morgan fingerprint density at radius 1 is 1.21 bits per heavy atom. The molecule has 1 aromatic heterocycles. The smallest absolute Gasteiger partial charge is 0.252 e. The number of anilines is 2. The molecule has 2 heterocycles. The second-order valence-corrected chi connectivity index (χ2v) is 10.4. The molecule has 1 aliphatic heterocycles. The quantitative estimate of drug-likeness (QED) is 0.414. The Kier molecular flexibility index (Phi) is 8.04. The number of methoxy groups -OCH3 is 1. The van der Waals surface area contributed by atoms with Crippen molar-refractivity contribution < 1.29 is 27.9 Å².